The third-order valence-corrected chi connectivity index (χ3v) is 3.66. The van der Waals surface area contributed by atoms with Gasteiger partial charge in [0.05, 0.1) is 6.61 Å². The summed E-state index contributed by atoms with van der Waals surface area (Å²) in [5, 5.41) is 13.4. The highest BCUT2D eigenvalue weighted by Gasteiger charge is 2.31. The van der Waals surface area contributed by atoms with Crippen LogP contribution in [0.2, 0.25) is 0 Å². The molecular formula is C16H17ClN2O3. The minimum absolute atomic E-state index is 0. The smallest absolute Gasteiger partial charge is 0.261 e. The minimum atomic E-state index is -0.255. The Morgan fingerprint density at radius 3 is 2.09 bits per heavy atom. The molecule has 0 unspecified atom stereocenters. The van der Waals surface area contributed by atoms with Crippen molar-refractivity contribution in [2.75, 3.05) is 26.2 Å². The average Bonchev–Trinajstić information content (AvgIpc) is 2.51. The maximum absolute atomic E-state index is 12.5. The number of hydrogen-bond donors (Lipinski definition) is 2. The van der Waals surface area contributed by atoms with Crippen molar-refractivity contribution in [3.8, 4) is 0 Å². The fraction of sp³-hybridized carbons (Fsp3) is 0.250. The zero-order valence-electron chi connectivity index (χ0n) is 11.9. The van der Waals surface area contributed by atoms with Crippen LogP contribution in [-0.2, 0) is 0 Å². The van der Waals surface area contributed by atoms with Crippen molar-refractivity contribution < 1.29 is 14.7 Å². The highest BCUT2D eigenvalue weighted by molar-refractivity contribution is 6.25. The molecule has 2 aromatic carbocycles. The first-order chi connectivity index (χ1) is 10.2. The molecule has 22 heavy (non-hydrogen) atoms. The summed E-state index contributed by atoms with van der Waals surface area (Å²) in [6.45, 7) is 1.24. The predicted octanol–water partition coefficient (Wildman–Crippen LogP) is 1.44. The summed E-state index contributed by atoms with van der Waals surface area (Å²) in [6, 6.07) is 11.0. The average molecular weight is 321 g/mol. The van der Waals surface area contributed by atoms with Crippen LogP contribution in [-0.4, -0.2) is 48.1 Å². The number of carbonyl (C=O) groups is 2. The topological polar surface area (TPSA) is 69.6 Å². The van der Waals surface area contributed by atoms with Gasteiger partial charge in [-0.25, -0.2) is 0 Å². The monoisotopic (exact) mass is 320 g/mol. The molecule has 1 aliphatic heterocycles. The molecule has 2 N–H and O–H groups in total. The van der Waals surface area contributed by atoms with E-state index < -0.39 is 0 Å². The van der Waals surface area contributed by atoms with E-state index in [4.69, 9.17) is 5.11 Å². The molecule has 1 heterocycles. The van der Waals surface area contributed by atoms with E-state index in [1.807, 2.05) is 24.3 Å². The number of carbonyl (C=O) groups excluding carboxylic acids is 2. The van der Waals surface area contributed by atoms with E-state index in [-0.39, 0.29) is 30.8 Å². The zero-order chi connectivity index (χ0) is 14.8. The zero-order valence-corrected chi connectivity index (χ0v) is 12.7. The Labute approximate surface area is 134 Å². The van der Waals surface area contributed by atoms with E-state index in [2.05, 4.69) is 5.32 Å². The lowest BCUT2D eigenvalue weighted by atomic mass is 9.94. The number of nitrogens with one attached hydrogen (secondary N) is 1. The molecule has 116 valence electrons. The SMILES string of the molecule is Cl.O=C1c2cccc3cccc(c23)C(=O)N1CCNCCO. The van der Waals surface area contributed by atoms with Gasteiger partial charge in [0.1, 0.15) is 0 Å². The van der Waals surface area contributed by atoms with Gasteiger partial charge in [-0.05, 0) is 17.5 Å². The molecule has 0 aromatic heterocycles. The summed E-state index contributed by atoms with van der Waals surface area (Å²) >= 11 is 0. The summed E-state index contributed by atoms with van der Waals surface area (Å²) < 4.78 is 0. The van der Waals surface area contributed by atoms with Gasteiger partial charge < -0.3 is 10.4 Å². The Morgan fingerprint density at radius 1 is 0.955 bits per heavy atom. The lowest BCUT2D eigenvalue weighted by molar-refractivity contribution is 0.0612. The number of amides is 2. The van der Waals surface area contributed by atoms with Gasteiger partial charge in [-0.2, -0.15) is 0 Å². The summed E-state index contributed by atoms with van der Waals surface area (Å²) in [5.41, 5.74) is 1.15. The number of aliphatic hydroxyl groups excluding tert-OH is 1. The standard InChI is InChI=1S/C16H16N2O3.ClH/c19-10-8-17-7-9-18-15(20)12-5-1-3-11-4-2-6-13(14(11)12)16(18)21;/h1-6,17,19H,7-10H2;1H. The van der Waals surface area contributed by atoms with Gasteiger partial charge in [-0.1, -0.05) is 24.3 Å². The van der Waals surface area contributed by atoms with Gasteiger partial charge in [0.25, 0.3) is 11.8 Å². The molecule has 3 rings (SSSR count). The van der Waals surface area contributed by atoms with Crippen LogP contribution in [0.5, 0.6) is 0 Å². The molecule has 0 saturated carbocycles. The van der Waals surface area contributed by atoms with Crippen LogP contribution in [0.4, 0.5) is 0 Å². The first-order valence-corrected chi connectivity index (χ1v) is 6.93. The second kappa shape index (κ2) is 6.87. The number of imide groups is 1. The quantitative estimate of drug-likeness (QED) is 0.646. The van der Waals surface area contributed by atoms with Crippen molar-refractivity contribution >= 4 is 35.0 Å². The Bertz CT molecular complexity index is 667. The van der Waals surface area contributed by atoms with E-state index in [1.165, 1.54) is 4.90 Å². The van der Waals surface area contributed by atoms with E-state index in [0.29, 0.717) is 30.8 Å². The van der Waals surface area contributed by atoms with E-state index in [1.54, 1.807) is 12.1 Å². The summed E-state index contributed by atoms with van der Waals surface area (Å²) in [5.74, 6) is -0.509. The first-order valence-electron chi connectivity index (χ1n) is 6.93. The number of aliphatic hydroxyl groups is 1. The van der Waals surface area contributed by atoms with E-state index >= 15 is 0 Å². The Morgan fingerprint density at radius 2 is 1.55 bits per heavy atom. The van der Waals surface area contributed by atoms with Crippen LogP contribution < -0.4 is 5.32 Å². The van der Waals surface area contributed by atoms with Crippen molar-refractivity contribution in [2.24, 2.45) is 0 Å². The van der Waals surface area contributed by atoms with Gasteiger partial charge in [-0.3, -0.25) is 14.5 Å². The highest BCUT2D eigenvalue weighted by atomic mass is 35.5. The van der Waals surface area contributed by atoms with Crippen LogP contribution in [0.25, 0.3) is 10.8 Å². The number of benzene rings is 2. The second-order valence-electron chi connectivity index (χ2n) is 4.94. The van der Waals surface area contributed by atoms with Crippen molar-refractivity contribution in [2.45, 2.75) is 0 Å². The molecular weight excluding hydrogens is 304 g/mol. The molecule has 0 fully saturated rings. The molecule has 0 bridgehead atoms. The van der Waals surface area contributed by atoms with Gasteiger partial charge in [0.15, 0.2) is 0 Å². The lowest BCUT2D eigenvalue weighted by Crippen LogP contribution is -2.44. The van der Waals surface area contributed by atoms with Gasteiger partial charge in [0, 0.05) is 36.1 Å². The minimum Gasteiger partial charge on any atom is -0.395 e. The van der Waals surface area contributed by atoms with Crippen LogP contribution in [0.3, 0.4) is 0 Å². The van der Waals surface area contributed by atoms with Crippen LogP contribution in [0.15, 0.2) is 36.4 Å². The maximum Gasteiger partial charge on any atom is 0.261 e. The Kier molecular flexibility index (Phi) is 5.13. The number of hydrogen-bond acceptors (Lipinski definition) is 4. The second-order valence-corrected chi connectivity index (χ2v) is 4.94. The molecule has 2 amide bonds. The molecule has 0 radical (unpaired) electrons. The van der Waals surface area contributed by atoms with Crippen LogP contribution >= 0.6 is 12.4 Å². The van der Waals surface area contributed by atoms with Gasteiger partial charge in [-0.15, -0.1) is 12.4 Å². The third kappa shape index (κ3) is 2.70. The third-order valence-electron chi connectivity index (χ3n) is 3.66. The summed E-state index contributed by atoms with van der Waals surface area (Å²) in [4.78, 5) is 26.3. The Hall–Kier alpha value is -1.95. The van der Waals surface area contributed by atoms with Gasteiger partial charge >= 0.3 is 0 Å². The molecule has 0 aliphatic carbocycles. The Balaban J connectivity index is 0.00000176. The van der Waals surface area contributed by atoms with Gasteiger partial charge in [0.2, 0.25) is 0 Å². The highest BCUT2D eigenvalue weighted by Crippen LogP contribution is 2.29. The number of nitrogens with zero attached hydrogens (tertiary/aromatic N) is 1. The number of rotatable bonds is 5. The van der Waals surface area contributed by atoms with Crippen molar-refractivity contribution in [1.29, 1.82) is 0 Å². The van der Waals surface area contributed by atoms with Crippen LogP contribution in [0.1, 0.15) is 20.7 Å². The summed E-state index contributed by atoms with van der Waals surface area (Å²) in [6.07, 6.45) is 0. The first kappa shape index (κ1) is 16.4. The van der Waals surface area contributed by atoms with Crippen molar-refractivity contribution in [1.82, 2.24) is 10.2 Å². The molecule has 0 spiro atoms. The molecule has 1 aliphatic rings. The molecule has 5 nitrogen and oxygen atoms in total. The molecule has 2 aromatic rings. The molecule has 6 heteroatoms. The fourth-order valence-corrected chi connectivity index (χ4v) is 2.68. The normalized spacial score (nSPS) is 13.4. The van der Waals surface area contributed by atoms with Crippen molar-refractivity contribution in [3.63, 3.8) is 0 Å². The van der Waals surface area contributed by atoms with E-state index in [9.17, 15) is 9.59 Å². The predicted molar refractivity (Wildman–Crippen MR) is 86.5 cm³/mol. The maximum atomic E-state index is 12.5. The molecule has 0 atom stereocenters. The largest absolute Gasteiger partial charge is 0.395 e. The van der Waals surface area contributed by atoms with E-state index in [0.717, 1.165) is 10.8 Å². The molecule has 0 saturated heterocycles. The van der Waals surface area contributed by atoms with Crippen molar-refractivity contribution in [3.05, 3.63) is 47.5 Å². The summed E-state index contributed by atoms with van der Waals surface area (Å²) in [7, 11) is 0. The number of halogens is 1. The van der Waals surface area contributed by atoms with Crippen LogP contribution in [0, 0.1) is 0 Å². The lowest BCUT2D eigenvalue weighted by Gasteiger charge is -2.27. The fourth-order valence-electron chi connectivity index (χ4n) is 2.68.